The average Bonchev–Trinajstić information content (AvgIpc) is 2.20. The van der Waals surface area contributed by atoms with Crippen molar-refractivity contribution in [3.05, 3.63) is 23.0 Å². The Morgan fingerprint density at radius 2 is 2.29 bits per heavy atom. The molecule has 0 saturated carbocycles. The van der Waals surface area contributed by atoms with E-state index >= 15 is 0 Å². The highest BCUT2D eigenvalue weighted by molar-refractivity contribution is 5.85. The van der Waals surface area contributed by atoms with Gasteiger partial charge in [-0.15, -0.1) is 0 Å². The molecule has 0 bridgehead atoms. The highest BCUT2D eigenvalue weighted by Crippen LogP contribution is 2.21. The van der Waals surface area contributed by atoms with Gasteiger partial charge in [0.1, 0.15) is 5.75 Å². The first kappa shape index (κ1) is 10.7. The largest absolute Gasteiger partial charge is 0.505 e. The second-order valence-electron chi connectivity index (χ2n) is 2.92. The van der Waals surface area contributed by atoms with Crippen LogP contribution in [0.25, 0.3) is 0 Å². The standard InChI is InChI=1S/C10H14N2O2/c1-3-11-5-9-8(6-13)4-12-7(2)10(9)14/h4-5,13-14H,3,6H2,1-2H3. The van der Waals surface area contributed by atoms with E-state index in [1.54, 1.807) is 19.3 Å². The molecule has 0 fully saturated rings. The van der Waals surface area contributed by atoms with Gasteiger partial charge in [-0.1, -0.05) is 0 Å². The SMILES string of the molecule is CCN=Cc1c(CO)cnc(C)c1O. The molecule has 76 valence electrons. The summed E-state index contributed by atoms with van der Waals surface area (Å²) in [5, 5.41) is 18.7. The number of nitrogens with zero attached hydrogens (tertiary/aromatic N) is 2. The normalized spacial score (nSPS) is 11.1. The van der Waals surface area contributed by atoms with Gasteiger partial charge in [0.15, 0.2) is 0 Å². The van der Waals surface area contributed by atoms with E-state index < -0.39 is 0 Å². The lowest BCUT2D eigenvalue weighted by Crippen LogP contribution is -1.98. The first-order chi connectivity index (χ1) is 6.70. The van der Waals surface area contributed by atoms with E-state index in [9.17, 15) is 5.11 Å². The number of aromatic hydroxyl groups is 1. The molecular formula is C10H14N2O2. The highest BCUT2D eigenvalue weighted by Gasteiger charge is 2.08. The van der Waals surface area contributed by atoms with Gasteiger partial charge in [0.2, 0.25) is 0 Å². The smallest absolute Gasteiger partial charge is 0.145 e. The van der Waals surface area contributed by atoms with E-state index in [4.69, 9.17) is 5.11 Å². The maximum Gasteiger partial charge on any atom is 0.145 e. The van der Waals surface area contributed by atoms with Crippen LogP contribution in [0, 0.1) is 6.92 Å². The van der Waals surface area contributed by atoms with Crippen LogP contribution >= 0.6 is 0 Å². The Morgan fingerprint density at radius 1 is 1.57 bits per heavy atom. The molecule has 1 heterocycles. The Morgan fingerprint density at radius 3 is 2.86 bits per heavy atom. The summed E-state index contributed by atoms with van der Waals surface area (Å²) in [4.78, 5) is 7.98. The van der Waals surface area contributed by atoms with Crippen LogP contribution in [0.5, 0.6) is 5.75 Å². The number of hydrogen-bond acceptors (Lipinski definition) is 4. The van der Waals surface area contributed by atoms with Gasteiger partial charge >= 0.3 is 0 Å². The molecule has 0 spiro atoms. The number of aromatic nitrogens is 1. The zero-order valence-corrected chi connectivity index (χ0v) is 8.36. The predicted octanol–water partition coefficient (Wildman–Crippen LogP) is 1.03. The maximum absolute atomic E-state index is 9.67. The van der Waals surface area contributed by atoms with Crippen molar-refractivity contribution in [3.63, 3.8) is 0 Å². The number of aliphatic hydroxyl groups is 1. The number of aliphatic hydroxyl groups excluding tert-OH is 1. The van der Waals surface area contributed by atoms with Crippen LogP contribution in [0.3, 0.4) is 0 Å². The van der Waals surface area contributed by atoms with E-state index in [2.05, 4.69) is 9.98 Å². The van der Waals surface area contributed by atoms with Gasteiger partial charge in [0, 0.05) is 30.1 Å². The molecular weight excluding hydrogens is 180 g/mol. The summed E-state index contributed by atoms with van der Waals surface area (Å²) in [6.07, 6.45) is 3.11. The molecule has 0 aliphatic rings. The summed E-state index contributed by atoms with van der Waals surface area (Å²) in [5.74, 6) is 0.0914. The van der Waals surface area contributed by atoms with Gasteiger partial charge in [0.25, 0.3) is 0 Å². The third kappa shape index (κ3) is 2.09. The zero-order valence-electron chi connectivity index (χ0n) is 8.36. The number of aryl methyl sites for hydroxylation is 1. The second kappa shape index (κ2) is 4.72. The van der Waals surface area contributed by atoms with Crippen LogP contribution in [0.4, 0.5) is 0 Å². The molecule has 0 aliphatic carbocycles. The second-order valence-corrected chi connectivity index (χ2v) is 2.92. The van der Waals surface area contributed by atoms with Gasteiger partial charge in [0.05, 0.1) is 12.3 Å². The van der Waals surface area contributed by atoms with Crippen LogP contribution in [0.1, 0.15) is 23.7 Å². The minimum Gasteiger partial charge on any atom is -0.505 e. The van der Waals surface area contributed by atoms with Crippen LogP contribution in [0.2, 0.25) is 0 Å². The van der Waals surface area contributed by atoms with E-state index in [0.29, 0.717) is 23.4 Å². The molecule has 4 heteroatoms. The van der Waals surface area contributed by atoms with Crippen LogP contribution in [0.15, 0.2) is 11.2 Å². The van der Waals surface area contributed by atoms with Gasteiger partial charge in [-0.2, -0.15) is 0 Å². The molecule has 1 rings (SSSR count). The molecule has 0 unspecified atom stereocenters. The molecule has 0 aliphatic heterocycles. The fourth-order valence-corrected chi connectivity index (χ4v) is 1.11. The minimum atomic E-state index is -0.147. The molecule has 0 saturated heterocycles. The summed E-state index contributed by atoms with van der Waals surface area (Å²) in [7, 11) is 0. The van der Waals surface area contributed by atoms with Crippen molar-refractivity contribution >= 4 is 6.21 Å². The summed E-state index contributed by atoms with van der Waals surface area (Å²) < 4.78 is 0. The van der Waals surface area contributed by atoms with Crippen molar-refractivity contribution < 1.29 is 10.2 Å². The number of pyridine rings is 1. The van der Waals surface area contributed by atoms with Crippen LogP contribution in [-0.2, 0) is 6.61 Å². The quantitative estimate of drug-likeness (QED) is 0.706. The molecule has 0 radical (unpaired) electrons. The minimum absolute atomic E-state index is 0.0914. The van der Waals surface area contributed by atoms with Gasteiger partial charge in [-0.3, -0.25) is 9.98 Å². The number of hydrogen-bond donors (Lipinski definition) is 2. The molecule has 2 N–H and O–H groups in total. The molecule has 0 amide bonds. The lowest BCUT2D eigenvalue weighted by molar-refractivity contribution is 0.280. The monoisotopic (exact) mass is 194 g/mol. The van der Waals surface area contributed by atoms with Crippen molar-refractivity contribution in [1.29, 1.82) is 0 Å². The predicted molar refractivity (Wildman–Crippen MR) is 54.7 cm³/mol. The van der Waals surface area contributed by atoms with Crippen molar-refractivity contribution in [1.82, 2.24) is 4.98 Å². The van der Waals surface area contributed by atoms with E-state index in [1.165, 1.54) is 0 Å². The third-order valence-corrected chi connectivity index (χ3v) is 1.93. The number of rotatable bonds is 3. The Bertz CT molecular complexity index is 348. The molecule has 0 aromatic carbocycles. The van der Waals surface area contributed by atoms with Gasteiger partial charge in [-0.05, 0) is 13.8 Å². The van der Waals surface area contributed by atoms with Crippen molar-refractivity contribution in [2.45, 2.75) is 20.5 Å². The average molecular weight is 194 g/mol. The summed E-state index contributed by atoms with van der Waals surface area (Å²) in [5.41, 5.74) is 1.69. The van der Waals surface area contributed by atoms with Crippen molar-refractivity contribution in [2.24, 2.45) is 4.99 Å². The van der Waals surface area contributed by atoms with E-state index in [0.717, 1.165) is 0 Å². The summed E-state index contributed by atoms with van der Waals surface area (Å²) >= 11 is 0. The molecule has 14 heavy (non-hydrogen) atoms. The summed E-state index contributed by atoms with van der Waals surface area (Å²) in [6, 6.07) is 0. The number of aliphatic imine (C=N–C) groups is 1. The Labute approximate surface area is 83.0 Å². The third-order valence-electron chi connectivity index (χ3n) is 1.93. The van der Waals surface area contributed by atoms with Gasteiger partial charge in [-0.25, -0.2) is 0 Å². The lowest BCUT2D eigenvalue weighted by atomic mass is 10.1. The molecule has 4 nitrogen and oxygen atoms in total. The molecule has 0 atom stereocenters. The van der Waals surface area contributed by atoms with Crippen LogP contribution in [-0.4, -0.2) is 28.0 Å². The Kier molecular flexibility index (Phi) is 3.59. The van der Waals surface area contributed by atoms with Crippen LogP contribution < -0.4 is 0 Å². The molecule has 1 aromatic rings. The van der Waals surface area contributed by atoms with Gasteiger partial charge < -0.3 is 10.2 Å². The highest BCUT2D eigenvalue weighted by atomic mass is 16.3. The Balaban J connectivity index is 3.21. The molecule has 1 aromatic heterocycles. The van der Waals surface area contributed by atoms with Crippen molar-refractivity contribution in [3.8, 4) is 5.75 Å². The topological polar surface area (TPSA) is 65.7 Å². The Hall–Kier alpha value is -1.42. The first-order valence-electron chi connectivity index (χ1n) is 4.48. The maximum atomic E-state index is 9.67. The fraction of sp³-hybridized carbons (Fsp3) is 0.400. The van der Waals surface area contributed by atoms with Crippen molar-refractivity contribution in [2.75, 3.05) is 6.54 Å². The lowest BCUT2D eigenvalue weighted by Gasteiger charge is -2.06. The first-order valence-corrected chi connectivity index (χ1v) is 4.48. The fourth-order valence-electron chi connectivity index (χ4n) is 1.11. The summed E-state index contributed by atoms with van der Waals surface area (Å²) in [6.45, 7) is 4.11. The van der Waals surface area contributed by atoms with E-state index in [1.807, 2.05) is 6.92 Å². The van der Waals surface area contributed by atoms with E-state index in [-0.39, 0.29) is 12.4 Å². The zero-order chi connectivity index (χ0) is 10.6.